The standard InChI is InChI=1S/C11H14ClNO4S/c1-8-6-10(13(14)15)11(7-9(8)2)18(16,17)5-3-4-12/h6-7H,3-5H2,1-2H3. The quantitative estimate of drug-likeness (QED) is 0.474. The van der Waals surface area contributed by atoms with Crippen molar-refractivity contribution in [3.63, 3.8) is 0 Å². The van der Waals surface area contributed by atoms with E-state index >= 15 is 0 Å². The van der Waals surface area contributed by atoms with Crippen LogP contribution in [0.25, 0.3) is 0 Å². The van der Waals surface area contributed by atoms with Crippen molar-refractivity contribution in [1.82, 2.24) is 0 Å². The Kier molecular flexibility index (Phi) is 4.70. The zero-order chi connectivity index (χ0) is 13.9. The van der Waals surface area contributed by atoms with Crippen LogP contribution in [0.1, 0.15) is 17.5 Å². The first-order valence-electron chi connectivity index (χ1n) is 5.34. The van der Waals surface area contributed by atoms with Crippen LogP contribution < -0.4 is 0 Å². The molecule has 100 valence electrons. The third-order valence-electron chi connectivity index (χ3n) is 2.65. The molecule has 0 unspecified atom stereocenters. The third-order valence-corrected chi connectivity index (χ3v) is 4.74. The first-order valence-corrected chi connectivity index (χ1v) is 7.52. The van der Waals surface area contributed by atoms with Crippen LogP contribution >= 0.6 is 11.6 Å². The van der Waals surface area contributed by atoms with Gasteiger partial charge in [-0.25, -0.2) is 8.42 Å². The fourth-order valence-electron chi connectivity index (χ4n) is 1.52. The van der Waals surface area contributed by atoms with E-state index in [9.17, 15) is 18.5 Å². The van der Waals surface area contributed by atoms with E-state index in [0.717, 1.165) is 0 Å². The van der Waals surface area contributed by atoms with Crippen molar-refractivity contribution in [2.24, 2.45) is 0 Å². The lowest BCUT2D eigenvalue weighted by Gasteiger charge is -2.07. The normalized spacial score (nSPS) is 11.5. The van der Waals surface area contributed by atoms with Gasteiger partial charge in [-0.2, -0.15) is 0 Å². The van der Waals surface area contributed by atoms with E-state index in [-0.39, 0.29) is 28.6 Å². The van der Waals surface area contributed by atoms with Crippen molar-refractivity contribution in [3.8, 4) is 0 Å². The van der Waals surface area contributed by atoms with Crippen molar-refractivity contribution < 1.29 is 13.3 Å². The molecule has 5 nitrogen and oxygen atoms in total. The summed E-state index contributed by atoms with van der Waals surface area (Å²) in [5.74, 6) is 0.0255. The summed E-state index contributed by atoms with van der Waals surface area (Å²) in [6, 6.07) is 2.65. The predicted octanol–water partition coefficient (Wildman–Crippen LogP) is 2.61. The van der Waals surface area contributed by atoms with E-state index in [1.807, 2.05) is 0 Å². The Morgan fingerprint density at radius 3 is 2.33 bits per heavy atom. The maximum absolute atomic E-state index is 12.0. The van der Waals surface area contributed by atoms with E-state index in [2.05, 4.69) is 0 Å². The van der Waals surface area contributed by atoms with E-state index in [0.29, 0.717) is 11.1 Å². The van der Waals surface area contributed by atoms with Crippen molar-refractivity contribution in [2.45, 2.75) is 25.2 Å². The topological polar surface area (TPSA) is 77.3 Å². The SMILES string of the molecule is Cc1cc([N+](=O)[O-])c(S(=O)(=O)CCCCl)cc1C. The number of alkyl halides is 1. The largest absolute Gasteiger partial charge is 0.288 e. The zero-order valence-electron chi connectivity index (χ0n) is 10.1. The molecule has 0 aliphatic heterocycles. The summed E-state index contributed by atoms with van der Waals surface area (Å²) in [6.45, 7) is 3.43. The van der Waals surface area contributed by atoms with Crippen molar-refractivity contribution in [3.05, 3.63) is 33.4 Å². The van der Waals surface area contributed by atoms with Crippen molar-refractivity contribution in [1.29, 1.82) is 0 Å². The molecule has 1 aromatic rings. The molecule has 0 amide bonds. The van der Waals surface area contributed by atoms with Crippen LogP contribution in [-0.4, -0.2) is 25.0 Å². The Hall–Kier alpha value is -1.14. The van der Waals surface area contributed by atoms with Gasteiger partial charge in [0.2, 0.25) is 0 Å². The molecule has 18 heavy (non-hydrogen) atoms. The van der Waals surface area contributed by atoms with Gasteiger partial charge in [-0.15, -0.1) is 11.6 Å². The maximum Gasteiger partial charge on any atom is 0.288 e. The Morgan fingerprint density at radius 2 is 1.83 bits per heavy atom. The van der Waals surface area contributed by atoms with E-state index in [1.165, 1.54) is 12.1 Å². The van der Waals surface area contributed by atoms with Crippen LogP contribution in [0.5, 0.6) is 0 Å². The van der Waals surface area contributed by atoms with Crippen molar-refractivity contribution >= 4 is 27.1 Å². The van der Waals surface area contributed by atoms with Crippen LogP contribution in [-0.2, 0) is 9.84 Å². The summed E-state index contributed by atoms with van der Waals surface area (Å²) < 4.78 is 24.0. The number of halogens is 1. The Labute approximate surface area is 111 Å². The van der Waals surface area contributed by atoms with Gasteiger partial charge in [0.15, 0.2) is 9.84 Å². The molecule has 0 saturated heterocycles. The number of nitro benzene ring substituents is 1. The Bertz CT molecular complexity index is 569. The third kappa shape index (κ3) is 3.20. The van der Waals surface area contributed by atoms with Gasteiger partial charge in [0, 0.05) is 11.9 Å². The highest BCUT2D eigenvalue weighted by molar-refractivity contribution is 7.91. The lowest BCUT2D eigenvalue weighted by molar-refractivity contribution is -0.387. The van der Waals surface area contributed by atoms with Crippen LogP contribution in [0.15, 0.2) is 17.0 Å². The molecule has 0 aliphatic rings. The van der Waals surface area contributed by atoms with Crippen molar-refractivity contribution in [2.75, 3.05) is 11.6 Å². The van der Waals surface area contributed by atoms with Gasteiger partial charge in [0.25, 0.3) is 5.69 Å². The average molecular weight is 292 g/mol. The Balaban J connectivity index is 3.39. The molecule has 0 N–H and O–H groups in total. The van der Waals surface area contributed by atoms with Gasteiger partial charge in [-0.3, -0.25) is 10.1 Å². The molecule has 0 aromatic heterocycles. The molecule has 7 heteroatoms. The van der Waals surface area contributed by atoms with E-state index in [4.69, 9.17) is 11.6 Å². The second-order valence-electron chi connectivity index (χ2n) is 4.02. The summed E-state index contributed by atoms with van der Waals surface area (Å²) in [5.41, 5.74) is 1.04. The summed E-state index contributed by atoms with van der Waals surface area (Å²) in [4.78, 5) is 10.0. The monoisotopic (exact) mass is 291 g/mol. The first-order chi connectivity index (χ1) is 8.29. The summed E-state index contributed by atoms with van der Waals surface area (Å²) in [5, 5.41) is 10.9. The number of hydrogen-bond donors (Lipinski definition) is 0. The molecule has 1 aromatic carbocycles. The van der Waals surface area contributed by atoms with Gasteiger partial charge in [-0.05, 0) is 37.5 Å². The van der Waals surface area contributed by atoms with Crippen LogP contribution in [0, 0.1) is 24.0 Å². The maximum atomic E-state index is 12.0. The minimum atomic E-state index is -3.66. The minimum absolute atomic E-state index is 0.181. The molecule has 0 atom stereocenters. The van der Waals surface area contributed by atoms with Gasteiger partial charge in [0.1, 0.15) is 4.90 Å². The Morgan fingerprint density at radius 1 is 1.28 bits per heavy atom. The number of nitro groups is 1. The van der Waals surface area contributed by atoms with E-state index < -0.39 is 14.8 Å². The summed E-state index contributed by atoms with van der Waals surface area (Å²) >= 11 is 5.46. The molecular weight excluding hydrogens is 278 g/mol. The molecule has 0 fully saturated rings. The van der Waals surface area contributed by atoms with Crippen LogP contribution in [0.3, 0.4) is 0 Å². The van der Waals surface area contributed by atoms with Crippen LogP contribution in [0.4, 0.5) is 5.69 Å². The lowest BCUT2D eigenvalue weighted by atomic mass is 10.1. The lowest BCUT2D eigenvalue weighted by Crippen LogP contribution is -2.10. The van der Waals surface area contributed by atoms with Gasteiger partial charge in [-0.1, -0.05) is 0 Å². The molecule has 0 aliphatic carbocycles. The second kappa shape index (κ2) is 5.67. The van der Waals surface area contributed by atoms with Gasteiger partial charge >= 0.3 is 0 Å². The number of aryl methyl sites for hydroxylation is 2. The zero-order valence-corrected chi connectivity index (χ0v) is 11.7. The fourth-order valence-corrected chi connectivity index (χ4v) is 3.37. The summed E-state index contributed by atoms with van der Waals surface area (Å²) in [7, 11) is -3.66. The molecule has 0 heterocycles. The first kappa shape index (κ1) is 14.9. The molecule has 0 radical (unpaired) electrons. The van der Waals surface area contributed by atoms with Gasteiger partial charge < -0.3 is 0 Å². The smallest absolute Gasteiger partial charge is 0.258 e. The highest BCUT2D eigenvalue weighted by atomic mass is 35.5. The highest BCUT2D eigenvalue weighted by Crippen LogP contribution is 2.28. The average Bonchev–Trinajstić information content (AvgIpc) is 2.29. The van der Waals surface area contributed by atoms with Gasteiger partial charge in [0.05, 0.1) is 10.7 Å². The van der Waals surface area contributed by atoms with E-state index in [1.54, 1.807) is 13.8 Å². The minimum Gasteiger partial charge on any atom is -0.258 e. The number of sulfone groups is 1. The number of benzene rings is 1. The number of nitrogens with zero attached hydrogens (tertiary/aromatic N) is 1. The number of rotatable bonds is 5. The molecule has 0 bridgehead atoms. The van der Waals surface area contributed by atoms with Crippen LogP contribution in [0.2, 0.25) is 0 Å². The summed E-state index contributed by atoms with van der Waals surface area (Å²) in [6.07, 6.45) is 0.272. The molecule has 0 spiro atoms. The second-order valence-corrected chi connectivity index (χ2v) is 6.48. The fraction of sp³-hybridized carbons (Fsp3) is 0.455. The predicted molar refractivity (Wildman–Crippen MR) is 70.0 cm³/mol. The number of hydrogen-bond acceptors (Lipinski definition) is 4. The molecule has 0 saturated carbocycles. The highest BCUT2D eigenvalue weighted by Gasteiger charge is 2.26. The molecular formula is C11H14ClNO4S. The molecule has 1 rings (SSSR count).